The Kier molecular flexibility index (Phi) is 21.1. The van der Waals surface area contributed by atoms with Crippen LogP contribution in [-0.4, -0.2) is 30.1 Å². The molecule has 0 aromatic heterocycles. The van der Waals surface area contributed by atoms with Gasteiger partial charge in [-0.3, -0.25) is 9.59 Å². The van der Waals surface area contributed by atoms with E-state index in [0.29, 0.717) is 6.42 Å². The van der Waals surface area contributed by atoms with Crippen molar-refractivity contribution in [3.63, 3.8) is 0 Å². The summed E-state index contributed by atoms with van der Waals surface area (Å²) in [6.07, 6.45) is 5.57. The standard InChI is InChI=1S/C6H10O3.2C4H9O.Zr/c1-2-3-5(7)4-6(8)9;2*1-2-3-4-5;/h2-4H2,1H3,(H,8,9);2*2-4H2,1H3;/q;2*-1;+2. The van der Waals surface area contributed by atoms with Gasteiger partial charge in [0.25, 0.3) is 0 Å². The van der Waals surface area contributed by atoms with Crippen LogP contribution in [0.2, 0.25) is 0 Å². The fourth-order valence-electron chi connectivity index (χ4n) is 1.09. The van der Waals surface area contributed by atoms with Crippen LogP contribution in [0, 0.1) is 0 Å². The number of hydrogen-bond donors (Lipinski definition) is 1. The molecule has 0 spiro atoms. The number of hydrogen-bond acceptors (Lipinski definition) is 4. The molecule has 0 amide bonds. The summed E-state index contributed by atoms with van der Waals surface area (Å²) in [5.74, 6) is -1.22. The zero-order valence-electron chi connectivity index (χ0n) is 12.9. The molecule has 0 aliphatic carbocycles. The monoisotopic (exact) mass is 366 g/mol. The number of aliphatic carboxylic acids is 1. The van der Waals surface area contributed by atoms with Crippen molar-refractivity contribution in [3.05, 3.63) is 0 Å². The van der Waals surface area contributed by atoms with Gasteiger partial charge in [-0.15, -0.1) is 0 Å². The fourth-order valence-corrected chi connectivity index (χ4v) is 2.42. The van der Waals surface area contributed by atoms with Gasteiger partial charge < -0.3 is 5.11 Å². The molecule has 0 aromatic carbocycles. The summed E-state index contributed by atoms with van der Waals surface area (Å²) in [6, 6.07) is 0. The van der Waals surface area contributed by atoms with E-state index in [4.69, 9.17) is 10.7 Å². The SMILES string of the molecule is CCCC(=O)CC(=O)O.CCCC[O][Zr][O]CCCC. The molecule has 0 bridgehead atoms. The van der Waals surface area contributed by atoms with Crippen molar-refractivity contribution < 1.29 is 44.4 Å². The van der Waals surface area contributed by atoms with Crippen LogP contribution < -0.4 is 0 Å². The first kappa shape index (κ1) is 22.2. The molecule has 0 aliphatic heterocycles. The Morgan fingerprint density at radius 2 is 1.45 bits per heavy atom. The second-order valence-electron chi connectivity index (χ2n) is 4.35. The number of carbonyl (C=O) groups excluding carboxylic acids is 1. The summed E-state index contributed by atoms with van der Waals surface area (Å²) >= 11 is -0.876. The minimum atomic E-state index is -1.03. The molecular formula is C14H28O5Zr. The van der Waals surface area contributed by atoms with Gasteiger partial charge >= 0.3 is 88.5 Å². The molecule has 0 aromatic rings. The Hall–Kier alpha value is -0.0569. The van der Waals surface area contributed by atoms with Gasteiger partial charge in [0.2, 0.25) is 0 Å². The van der Waals surface area contributed by atoms with Gasteiger partial charge in [0.1, 0.15) is 12.2 Å². The molecule has 0 fully saturated rings. The van der Waals surface area contributed by atoms with Gasteiger partial charge in [-0.1, -0.05) is 6.92 Å². The van der Waals surface area contributed by atoms with Crippen LogP contribution in [0.1, 0.15) is 65.7 Å². The summed E-state index contributed by atoms with van der Waals surface area (Å²) in [5.41, 5.74) is 0. The van der Waals surface area contributed by atoms with E-state index in [9.17, 15) is 9.59 Å². The number of ketones is 1. The van der Waals surface area contributed by atoms with Crippen molar-refractivity contribution in [2.45, 2.75) is 65.7 Å². The summed E-state index contributed by atoms with van der Waals surface area (Å²) in [5, 5.41) is 8.09. The predicted octanol–water partition coefficient (Wildman–Crippen LogP) is 3.36. The molecule has 0 heterocycles. The van der Waals surface area contributed by atoms with Gasteiger partial charge in [0.05, 0.1) is 0 Å². The van der Waals surface area contributed by atoms with Crippen LogP contribution in [0.3, 0.4) is 0 Å². The fraction of sp³-hybridized carbons (Fsp3) is 0.857. The van der Waals surface area contributed by atoms with Gasteiger partial charge in [-0.2, -0.15) is 0 Å². The minimum absolute atomic E-state index is 0.190. The van der Waals surface area contributed by atoms with Crippen molar-refractivity contribution >= 4 is 11.8 Å². The van der Waals surface area contributed by atoms with Crippen LogP contribution in [0.25, 0.3) is 0 Å². The summed E-state index contributed by atoms with van der Waals surface area (Å²) in [7, 11) is 0. The van der Waals surface area contributed by atoms with E-state index in [1.165, 1.54) is 25.7 Å². The van der Waals surface area contributed by atoms with E-state index in [0.717, 1.165) is 19.6 Å². The molecule has 0 aliphatic rings. The molecule has 0 saturated heterocycles. The van der Waals surface area contributed by atoms with Crippen LogP contribution in [-0.2, 0) is 39.3 Å². The molecule has 0 radical (unpaired) electrons. The van der Waals surface area contributed by atoms with Crippen molar-refractivity contribution in [1.29, 1.82) is 0 Å². The van der Waals surface area contributed by atoms with Gasteiger partial charge in [-0.05, 0) is 6.42 Å². The molecule has 0 unspecified atom stereocenters. The van der Waals surface area contributed by atoms with Crippen LogP contribution in [0.5, 0.6) is 0 Å². The third kappa shape index (κ3) is 23.1. The quantitative estimate of drug-likeness (QED) is 0.423. The van der Waals surface area contributed by atoms with E-state index in [1.54, 1.807) is 0 Å². The number of carboxylic acid groups (broad SMARTS) is 1. The molecule has 0 saturated carbocycles. The number of carboxylic acids is 1. The molecule has 0 rings (SSSR count). The van der Waals surface area contributed by atoms with Crippen molar-refractivity contribution in [2.75, 3.05) is 13.2 Å². The van der Waals surface area contributed by atoms with Gasteiger partial charge in [0.15, 0.2) is 0 Å². The average molecular weight is 368 g/mol. The Morgan fingerprint density at radius 3 is 1.80 bits per heavy atom. The Balaban J connectivity index is 0. The van der Waals surface area contributed by atoms with Crippen LogP contribution >= 0.6 is 0 Å². The van der Waals surface area contributed by atoms with E-state index < -0.39 is 30.1 Å². The number of unbranched alkanes of at least 4 members (excludes halogenated alkanes) is 2. The second-order valence-corrected chi connectivity index (χ2v) is 6.18. The summed E-state index contributed by atoms with van der Waals surface area (Å²) < 4.78 is 10.7. The Labute approximate surface area is 135 Å². The summed E-state index contributed by atoms with van der Waals surface area (Å²) in [6.45, 7) is 8.02. The third-order valence-electron chi connectivity index (χ3n) is 2.19. The Bertz CT molecular complexity index is 226. The van der Waals surface area contributed by atoms with Gasteiger partial charge in [0, 0.05) is 6.42 Å². The molecular weight excluding hydrogens is 339 g/mol. The second kappa shape index (κ2) is 18.9. The summed E-state index contributed by atoms with van der Waals surface area (Å²) in [4.78, 5) is 20.3. The third-order valence-corrected chi connectivity index (χ3v) is 3.78. The number of Topliss-reactive ketones (excluding diaryl/α,β-unsaturated/α-hetero) is 1. The van der Waals surface area contributed by atoms with Crippen molar-refractivity contribution in [1.82, 2.24) is 0 Å². The average Bonchev–Trinajstić information content (AvgIpc) is 2.38. The first-order valence-electron chi connectivity index (χ1n) is 7.30. The topological polar surface area (TPSA) is 72.8 Å². The zero-order valence-corrected chi connectivity index (χ0v) is 15.4. The predicted molar refractivity (Wildman–Crippen MR) is 73.9 cm³/mol. The Morgan fingerprint density at radius 1 is 0.950 bits per heavy atom. The van der Waals surface area contributed by atoms with E-state index in [2.05, 4.69) is 13.8 Å². The molecule has 0 atom stereocenters. The van der Waals surface area contributed by atoms with E-state index >= 15 is 0 Å². The number of carbonyl (C=O) groups is 2. The maximum atomic E-state index is 10.5. The number of rotatable bonds is 12. The molecule has 5 nitrogen and oxygen atoms in total. The first-order valence-corrected chi connectivity index (χ1v) is 9.31. The first-order chi connectivity index (χ1) is 9.58. The van der Waals surface area contributed by atoms with E-state index in [-0.39, 0.29) is 12.2 Å². The zero-order chi connectivity index (χ0) is 15.6. The van der Waals surface area contributed by atoms with Crippen molar-refractivity contribution in [3.8, 4) is 0 Å². The van der Waals surface area contributed by atoms with Gasteiger partial charge in [-0.25, -0.2) is 0 Å². The molecule has 20 heavy (non-hydrogen) atoms. The van der Waals surface area contributed by atoms with Crippen molar-refractivity contribution in [2.24, 2.45) is 0 Å². The molecule has 118 valence electrons. The normalized spacial score (nSPS) is 9.55. The molecule has 6 heteroatoms. The van der Waals surface area contributed by atoms with Crippen LogP contribution in [0.15, 0.2) is 0 Å². The molecule has 1 N–H and O–H groups in total. The maximum absolute atomic E-state index is 10.5. The van der Waals surface area contributed by atoms with E-state index in [1.807, 2.05) is 6.92 Å². The van der Waals surface area contributed by atoms with Crippen LogP contribution in [0.4, 0.5) is 0 Å².